The molecule has 0 saturated carbocycles. The zero-order chi connectivity index (χ0) is 13.9. The summed E-state index contributed by atoms with van der Waals surface area (Å²) in [5.74, 6) is 0. The van der Waals surface area contributed by atoms with E-state index in [4.69, 9.17) is 0 Å². The van der Waals surface area contributed by atoms with Gasteiger partial charge in [0.05, 0.1) is 5.57 Å². The number of rotatable bonds is 3. The predicted octanol–water partition coefficient (Wildman–Crippen LogP) is 4.26. The van der Waals surface area contributed by atoms with Gasteiger partial charge in [-0.05, 0) is 25.5 Å². The Balaban J connectivity index is 3.17. The molecule has 18 heavy (non-hydrogen) atoms. The Morgan fingerprint density at radius 1 is 1.22 bits per heavy atom. The van der Waals surface area contributed by atoms with E-state index >= 15 is 0 Å². The van der Waals surface area contributed by atoms with E-state index in [0.29, 0.717) is 0 Å². The first kappa shape index (κ1) is 14.9. The highest BCUT2D eigenvalue weighted by Gasteiger charge is 2.37. The van der Waals surface area contributed by atoms with Crippen molar-refractivity contribution in [1.82, 2.24) is 0 Å². The number of halogens is 4. The lowest BCUT2D eigenvalue weighted by atomic mass is 10.2. The average molecular weight is 280 g/mol. The second-order valence-electron chi connectivity index (χ2n) is 3.69. The van der Waals surface area contributed by atoms with Crippen molar-refractivity contribution in [2.24, 2.45) is 0 Å². The summed E-state index contributed by atoms with van der Waals surface area (Å²) in [4.78, 5) is 0.0216. The van der Waals surface area contributed by atoms with Crippen LogP contribution >= 0.6 is 0 Å². The minimum atomic E-state index is -4.79. The van der Waals surface area contributed by atoms with Crippen LogP contribution in [-0.2, 0) is 10.8 Å². The van der Waals surface area contributed by atoms with Crippen LogP contribution in [0, 0.1) is 6.92 Å². The van der Waals surface area contributed by atoms with Gasteiger partial charge in [0.25, 0.3) is 0 Å². The quantitative estimate of drug-likeness (QED) is 0.756. The third-order valence-corrected chi connectivity index (χ3v) is 3.60. The van der Waals surface area contributed by atoms with Gasteiger partial charge in [0, 0.05) is 4.90 Å². The van der Waals surface area contributed by atoms with Gasteiger partial charge in [-0.1, -0.05) is 24.6 Å². The highest BCUT2D eigenvalue weighted by atomic mass is 32.2. The smallest absolute Gasteiger partial charge is 0.247 e. The molecule has 0 heterocycles. The molecule has 0 fully saturated rings. The zero-order valence-electron chi connectivity index (χ0n) is 9.84. The Morgan fingerprint density at radius 3 is 2.11 bits per heavy atom. The van der Waals surface area contributed by atoms with Gasteiger partial charge in [0.2, 0.25) is 0 Å². The maximum Gasteiger partial charge on any atom is 0.416 e. The van der Waals surface area contributed by atoms with E-state index in [-0.39, 0.29) is 4.90 Å². The van der Waals surface area contributed by atoms with E-state index in [1.165, 1.54) is 19.1 Å². The Labute approximate surface area is 105 Å². The molecule has 0 saturated heterocycles. The highest BCUT2D eigenvalue weighted by Crippen LogP contribution is 2.33. The van der Waals surface area contributed by atoms with Gasteiger partial charge in [0.1, 0.15) is 10.8 Å². The van der Waals surface area contributed by atoms with Crippen molar-refractivity contribution in [2.75, 3.05) is 0 Å². The summed E-state index contributed by atoms with van der Waals surface area (Å²) in [5.41, 5.74) is -0.520. The van der Waals surface area contributed by atoms with Crippen molar-refractivity contribution >= 4 is 10.8 Å². The summed E-state index contributed by atoms with van der Waals surface area (Å²) in [6.07, 6.45) is -5.34. The van der Waals surface area contributed by atoms with Crippen LogP contribution in [0.15, 0.2) is 39.9 Å². The van der Waals surface area contributed by atoms with E-state index in [1.807, 2.05) is 0 Å². The first-order valence-corrected chi connectivity index (χ1v) is 6.36. The molecular formula is C12H12F4OS. The van der Waals surface area contributed by atoms with Crippen LogP contribution in [0.4, 0.5) is 17.6 Å². The summed E-state index contributed by atoms with van der Waals surface area (Å²) in [7, 11) is -2.42. The van der Waals surface area contributed by atoms with Crippen LogP contribution in [0.5, 0.6) is 0 Å². The molecule has 0 aliphatic carbocycles. The Kier molecular flexibility index (Phi) is 4.67. The van der Waals surface area contributed by atoms with E-state index in [0.717, 1.165) is 5.56 Å². The van der Waals surface area contributed by atoms with Crippen molar-refractivity contribution in [3.05, 3.63) is 40.6 Å². The molecule has 1 aromatic carbocycles. The second-order valence-corrected chi connectivity index (χ2v) is 5.05. The van der Waals surface area contributed by atoms with Gasteiger partial charge in [-0.3, -0.25) is 0 Å². The normalized spacial score (nSPS) is 15.2. The summed E-state index contributed by atoms with van der Waals surface area (Å²) < 4.78 is 62.7. The highest BCUT2D eigenvalue weighted by molar-refractivity contribution is 7.88. The molecule has 1 aromatic rings. The van der Waals surface area contributed by atoms with E-state index < -0.39 is 34.1 Å². The molecule has 0 aliphatic rings. The molecule has 6 heteroatoms. The summed E-state index contributed by atoms with van der Waals surface area (Å²) in [6.45, 7) is 2.95. The van der Waals surface area contributed by atoms with Crippen LogP contribution in [0.1, 0.15) is 18.9 Å². The molecule has 0 N–H and O–H groups in total. The minimum absolute atomic E-state index is 0.0216. The fourth-order valence-corrected chi connectivity index (χ4v) is 2.40. The number of benzene rings is 1. The molecule has 0 aliphatic heterocycles. The van der Waals surface area contributed by atoms with Gasteiger partial charge in [0.15, 0.2) is 5.16 Å². The van der Waals surface area contributed by atoms with Crippen molar-refractivity contribution in [2.45, 2.75) is 31.3 Å². The molecule has 0 aromatic heterocycles. The van der Waals surface area contributed by atoms with Gasteiger partial charge in [-0.25, -0.2) is 4.21 Å². The lowest BCUT2D eigenvalue weighted by molar-refractivity contribution is -0.0948. The third-order valence-electron chi connectivity index (χ3n) is 2.33. The lowest BCUT2D eigenvalue weighted by Gasteiger charge is -2.11. The summed E-state index contributed by atoms with van der Waals surface area (Å²) in [6, 6.07) is 5.85. The molecule has 1 nitrogen and oxygen atoms in total. The first-order valence-electron chi connectivity index (χ1n) is 5.21. The minimum Gasteiger partial charge on any atom is -0.247 e. The van der Waals surface area contributed by atoms with Gasteiger partial charge in [-0.15, -0.1) is 0 Å². The fraction of sp³-hybridized carbons (Fsp3) is 0.333. The van der Waals surface area contributed by atoms with Crippen LogP contribution in [-0.4, -0.2) is 10.4 Å². The van der Waals surface area contributed by atoms with Crippen LogP contribution in [0.3, 0.4) is 0 Å². The van der Waals surface area contributed by atoms with Crippen LogP contribution < -0.4 is 0 Å². The maximum absolute atomic E-state index is 13.6. The van der Waals surface area contributed by atoms with E-state index in [1.54, 1.807) is 19.1 Å². The number of allylic oxidation sites excluding steroid dienone is 1. The molecule has 0 radical (unpaired) electrons. The molecule has 0 amide bonds. The molecule has 0 spiro atoms. The first-order chi connectivity index (χ1) is 8.27. The van der Waals surface area contributed by atoms with E-state index in [9.17, 15) is 21.8 Å². The number of aryl methyl sites for hydroxylation is 1. The van der Waals surface area contributed by atoms with E-state index in [2.05, 4.69) is 0 Å². The fourth-order valence-electron chi connectivity index (χ4n) is 1.33. The molecule has 1 atom stereocenters. The Hall–Kier alpha value is -1.17. The van der Waals surface area contributed by atoms with Crippen molar-refractivity contribution in [3.63, 3.8) is 0 Å². The van der Waals surface area contributed by atoms with Crippen LogP contribution in [0.2, 0.25) is 0 Å². The molecular weight excluding hydrogens is 268 g/mol. The van der Waals surface area contributed by atoms with Gasteiger partial charge in [-0.2, -0.15) is 17.6 Å². The Bertz CT molecular complexity index is 474. The van der Waals surface area contributed by atoms with Crippen molar-refractivity contribution in [1.29, 1.82) is 0 Å². The maximum atomic E-state index is 13.6. The molecule has 0 bridgehead atoms. The molecule has 1 rings (SSSR count). The summed E-state index contributed by atoms with van der Waals surface area (Å²) in [5, 5.41) is -1.62. The Morgan fingerprint density at radius 2 is 1.72 bits per heavy atom. The second kappa shape index (κ2) is 5.65. The van der Waals surface area contributed by atoms with Crippen molar-refractivity contribution in [3.8, 4) is 0 Å². The predicted molar refractivity (Wildman–Crippen MR) is 62.1 cm³/mol. The standard InChI is InChI=1S/C12H12F4OS/c1-3-10(12(14,15)16)11(13)18(17)9-6-4-8(2)5-7-9/h4-7H,3H2,1-2H3/b11-10-. The lowest BCUT2D eigenvalue weighted by Crippen LogP contribution is -2.14. The largest absolute Gasteiger partial charge is 0.416 e. The van der Waals surface area contributed by atoms with Crippen molar-refractivity contribution < 1.29 is 21.8 Å². The average Bonchev–Trinajstić information content (AvgIpc) is 2.28. The van der Waals surface area contributed by atoms with Gasteiger partial charge >= 0.3 is 6.18 Å². The zero-order valence-corrected chi connectivity index (χ0v) is 10.7. The SMILES string of the molecule is CC/C(=C(\F)S(=O)c1ccc(C)cc1)C(F)(F)F. The van der Waals surface area contributed by atoms with Gasteiger partial charge < -0.3 is 0 Å². The molecule has 1 unspecified atom stereocenters. The number of alkyl halides is 3. The summed E-state index contributed by atoms with van der Waals surface area (Å²) >= 11 is 0. The van der Waals surface area contributed by atoms with Crippen LogP contribution in [0.25, 0.3) is 0 Å². The monoisotopic (exact) mass is 280 g/mol. The molecule has 100 valence electrons. The number of hydrogen-bond acceptors (Lipinski definition) is 1. The topological polar surface area (TPSA) is 17.1 Å². The number of hydrogen-bond donors (Lipinski definition) is 0. The third kappa shape index (κ3) is 3.41.